The minimum Gasteiger partial charge on any atom is -0.507 e. The maximum atomic E-state index is 11.3. The van der Waals surface area contributed by atoms with Gasteiger partial charge in [-0.2, -0.15) is 0 Å². The molecular formula is C14H14O4. The van der Waals surface area contributed by atoms with Gasteiger partial charge in [0.2, 0.25) is 0 Å². The summed E-state index contributed by atoms with van der Waals surface area (Å²) in [5.41, 5.74) is 0.371. The molecule has 1 heterocycles. The maximum Gasteiger partial charge on any atom is 0.339 e. The molecule has 0 fully saturated rings. The summed E-state index contributed by atoms with van der Waals surface area (Å²) in [6, 6.07) is 1.04. The third-order valence-corrected chi connectivity index (χ3v) is 2.57. The predicted octanol–water partition coefficient (Wildman–Crippen LogP) is 0.174. The summed E-state index contributed by atoms with van der Waals surface area (Å²) >= 11 is 0. The Morgan fingerprint density at radius 3 is 2.83 bits per heavy atom. The van der Waals surface area contributed by atoms with E-state index in [1.165, 1.54) is 0 Å². The van der Waals surface area contributed by atoms with Gasteiger partial charge in [0.25, 0.3) is 0 Å². The van der Waals surface area contributed by atoms with Crippen molar-refractivity contribution in [3.05, 3.63) is 51.4 Å². The summed E-state index contributed by atoms with van der Waals surface area (Å²) in [6.07, 6.45) is 8.55. The first kappa shape index (κ1) is 12.4. The fraction of sp³-hybridized carbons (Fsp3) is 0.214. The second kappa shape index (κ2) is 5.06. The summed E-state index contributed by atoms with van der Waals surface area (Å²) in [4.78, 5) is 11.3. The van der Waals surface area contributed by atoms with Crippen molar-refractivity contribution in [1.82, 2.24) is 0 Å². The number of aromatic hydroxyl groups is 1. The zero-order valence-corrected chi connectivity index (χ0v) is 9.96. The van der Waals surface area contributed by atoms with Gasteiger partial charge in [0, 0.05) is 6.42 Å². The van der Waals surface area contributed by atoms with Crippen LogP contribution in [0.2, 0.25) is 0 Å². The molecule has 1 aliphatic rings. The Morgan fingerprint density at radius 1 is 1.33 bits per heavy atom. The van der Waals surface area contributed by atoms with Gasteiger partial charge in [0.05, 0.1) is 17.4 Å². The van der Waals surface area contributed by atoms with Crippen LogP contribution in [-0.2, 0) is 0 Å². The highest BCUT2D eigenvalue weighted by Gasteiger charge is 2.07. The Morgan fingerprint density at radius 2 is 2.11 bits per heavy atom. The van der Waals surface area contributed by atoms with Gasteiger partial charge >= 0.3 is 5.63 Å². The van der Waals surface area contributed by atoms with Crippen molar-refractivity contribution < 1.29 is 14.6 Å². The van der Waals surface area contributed by atoms with E-state index in [0.717, 1.165) is 6.07 Å². The minimum absolute atomic E-state index is 0.121. The van der Waals surface area contributed by atoms with E-state index in [9.17, 15) is 15.0 Å². The first-order valence-electron chi connectivity index (χ1n) is 5.67. The molecule has 0 amide bonds. The fourth-order valence-electron chi connectivity index (χ4n) is 1.83. The monoisotopic (exact) mass is 246 g/mol. The third-order valence-electron chi connectivity index (χ3n) is 2.57. The van der Waals surface area contributed by atoms with Crippen LogP contribution in [0.4, 0.5) is 0 Å². The Bertz CT molecular complexity index is 675. The molecule has 2 rings (SSSR count). The Kier molecular flexibility index (Phi) is 3.48. The fourth-order valence-corrected chi connectivity index (χ4v) is 1.83. The van der Waals surface area contributed by atoms with Crippen LogP contribution in [0.25, 0.3) is 11.6 Å². The van der Waals surface area contributed by atoms with Crippen LogP contribution in [0, 0.1) is 0 Å². The molecule has 0 radical (unpaired) electrons. The molecule has 0 bridgehead atoms. The van der Waals surface area contributed by atoms with E-state index < -0.39 is 11.7 Å². The van der Waals surface area contributed by atoms with E-state index in [0.29, 0.717) is 22.6 Å². The number of hydrogen-bond donors (Lipinski definition) is 2. The van der Waals surface area contributed by atoms with Crippen molar-refractivity contribution >= 4 is 11.6 Å². The quantitative estimate of drug-likeness (QED) is 0.780. The Balaban J connectivity index is 2.86. The van der Waals surface area contributed by atoms with E-state index in [1.807, 2.05) is 0 Å². The molecule has 1 unspecified atom stereocenters. The maximum absolute atomic E-state index is 11.3. The van der Waals surface area contributed by atoms with Crippen LogP contribution < -0.4 is 16.3 Å². The lowest BCUT2D eigenvalue weighted by molar-refractivity contribution is 0.200. The topological polar surface area (TPSA) is 70.7 Å². The summed E-state index contributed by atoms with van der Waals surface area (Å²) in [6.45, 7) is 1.65. The number of hydrogen-bond acceptors (Lipinski definition) is 4. The van der Waals surface area contributed by atoms with Crippen molar-refractivity contribution in [3.8, 4) is 5.75 Å². The molecule has 0 saturated carbocycles. The lowest BCUT2D eigenvalue weighted by Crippen LogP contribution is -2.31. The highest BCUT2D eigenvalue weighted by atomic mass is 16.4. The molecule has 1 aromatic rings. The molecule has 4 heteroatoms. The van der Waals surface area contributed by atoms with Crippen molar-refractivity contribution in [2.24, 2.45) is 0 Å². The lowest BCUT2D eigenvalue weighted by atomic mass is 10.1. The van der Waals surface area contributed by atoms with Crippen molar-refractivity contribution in [1.29, 1.82) is 0 Å². The molecule has 0 aromatic carbocycles. The zero-order valence-electron chi connectivity index (χ0n) is 9.96. The van der Waals surface area contributed by atoms with E-state index in [4.69, 9.17) is 4.42 Å². The van der Waals surface area contributed by atoms with Gasteiger partial charge < -0.3 is 14.6 Å². The van der Waals surface area contributed by atoms with Crippen LogP contribution >= 0.6 is 0 Å². The van der Waals surface area contributed by atoms with Crippen molar-refractivity contribution in [3.63, 3.8) is 0 Å². The van der Waals surface area contributed by atoms with Crippen LogP contribution in [-0.4, -0.2) is 16.3 Å². The molecule has 0 spiro atoms. The van der Waals surface area contributed by atoms with Gasteiger partial charge in [-0.05, 0) is 18.6 Å². The standard InChI is InChI=1S/C14H14O4/c1-9(15)7-10-5-3-2-4-6-11-12(16)8-13(17)18-14(10)11/h2-6,8-9,15-16H,7H2,1H3/b3-2?,4-2-,5-3?,6-4?,10-5?,11-6-,14-10?. The molecule has 0 saturated heterocycles. The van der Waals surface area contributed by atoms with Crippen LogP contribution in [0.1, 0.15) is 13.3 Å². The van der Waals surface area contributed by atoms with Gasteiger partial charge in [0.1, 0.15) is 11.2 Å². The zero-order chi connectivity index (χ0) is 13.1. The van der Waals surface area contributed by atoms with E-state index in [1.54, 1.807) is 37.3 Å². The van der Waals surface area contributed by atoms with Crippen LogP contribution in [0.5, 0.6) is 5.75 Å². The van der Waals surface area contributed by atoms with Crippen LogP contribution in [0.15, 0.2) is 39.6 Å². The summed E-state index contributed by atoms with van der Waals surface area (Å²) in [7, 11) is 0. The van der Waals surface area contributed by atoms with E-state index >= 15 is 0 Å². The number of fused-ring (bicyclic) bond motifs is 1. The lowest BCUT2D eigenvalue weighted by Gasteiger charge is -2.06. The molecule has 4 nitrogen and oxygen atoms in total. The summed E-state index contributed by atoms with van der Waals surface area (Å²) in [5.74, 6) is -0.121. The smallest absolute Gasteiger partial charge is 0.339 e. The molecule has 0 aliphatic heterocycles. The predicted molar refractivity (Wildman–Crippen MR) is 68.3 cm³/mol. The number of rotatable bonds is 2. The summed E-state index contributed by atoms with van der Waals surface area (Å²) in [5, 5.41) is 19.7. The van der Waals surface area contributed by atoms with Crippen molar-refractivity contribution in [2.75, 3.05) is 0 Å². The average molecular weight is 246 g/mol. The Labute approximate surface area is 104 Å². The van der Waals surface area contributed by atoms with Crippen LogP contribution in [0.3, 0.4) is 0 Å². The van der Waals surface area contributed by atoms with E-state index in [-0.39, 0.29) is 5.75 Å². The summed E-state index contributed by atoms with van der Waals surface area (Å²) < 4.78 is 5.15. The second-order valence-corrected chi connectivity index (χ2v) is 4.18. The molecule has 1 atom stereocenters. The van der Waals surface area contributed by atoms with Gasteiger partial charge in [-0.3, -0.25) is 0 Å². The molecule has 94 valence electrons. The van der Waals surface area contributed by atoms with E-state index in [2.05, 4.69) is 0 Å². The Hall–Kier alpha value is -2.07. The third kappa shape index (κ3) is 2.60. The SMILES string of the molecule is CC(O)CC1=c2oc(=O)cc(O)/c2=C/C=C\C=C1. The highest BCUT2D eigenvalue weighted by Crippen LogP contribution is 2.07. The number of allylic oxidation sites excluding steroid dienone is 4. The molecule has 18 heavy (non-hydrogen) atoms. The highest BCUT2D eigenvalue weighted by molar-refractivity contribution is 5.59. The van der Waals surface area contributed by atoms with Gasteiger partial charge in [-0.15, -0.1) is 0 Å². The molecule has 2 N–H and O–H groups in total. The average Bonchev–Trinajstić information content (AvgIpc) is 2.25. The molecule has 1 aliphatic carbocycles. The first-order valence-corrected chi connectivity index (χ1v) is 5.67. The molecular weight excluding hydrogens is 232 g/mol. The number of aliphatic hydroxyl groups is 1. The van der Waals surface area contributed by atoms with Gasteiger partial charge in [0.15, 0.2) is 0 Å². The second-order valence-electron chi connectivity index (χ2n) is 4.18. The number of aliphatic hydroxyl groups excluding tert-OH is 1. The largest absolute Gasteiger partial charge is 0.507 e. The van der Waals surface area contributed by atoms with Gasteiger partial charge in [-0.1, -0.05) is 24.3 Å². The minimum atomic E-state index is -0.610. The molecule has 1 aromatic heterocycles. The van der Waals surface area contributed by atoms with Crippen molar-refractivity contribution in [2.45, 2.75) is 19.4 Å². The normalized spacial score (nSPS) is 19.2. The van der Waals surface area contributed by atoms with Gasteiger partial charge in [-0.25, -0.2) is 4.79 Å². The first-order chi connectivity index (χ1) is 8.58.